The van der Waals surface area contributed by atoms with Crippen molar-refractivity contribution in [3.63, 3.8) is 0 Å². The third kappa shape index (κ3) is 3.08. The van der Waals surface area contributed by atoms with E-state index in [9.17, 15) is 0 Å². The molecule has 2 fully saturated rings. The van der Waals surface area contributed by atoms with Crippen LogP contribution in [0.1, 0.15) is 12.0 Å². The number of ether oxygens (including phenoxy) is 1. The first-order valence-corrected chi connectivity index (χ1v) is 7.05. The van der Waals surface area contributed by atoms with Gasteiger partial charge in [0.25, 0.3) is 0 Å². The maximum absolute atomic E-state index is 5.79. The second kappa shape index (κ2) is 5.90. The average molecular weight is 262 g/mol. The van der Waals surface area contributed by atoms with Crippen molar-refractivity contribution in [2.24, 2.45) is 0 Å². The number of furan rings is 1. The summed E-state index contributed by atoms with van der Waals surface area (Å²) in [6.45, 7) is 9.88. The number of rotatable bonds is 5. The summed E-state index contributed by atoms with van der Waals surface area (Å²) in [5.74, 6) is 0. The van der Waals surface area contributed by atoms with Gasteiger partial charge in [0, 0.05) is 44.3 Å². The zero-order valence-electron chi connectivity index (χ0n) is 11.3. The van der Waals surface area contributed by atoms with Crippen molar-refractivity contribution in [1.29, 1.82) is 0 Å². The van der Waals surface area contributed by atoms with Crippen LogP contribution in [0.4, 0.5) is 0 Å². The molecule has 104 valence electrons. The number of piperazine rings is 1. The monoisotopic (exact) mass is 262 g/mol. The van der Waals surface area contributed by atoms with Gasteiger partial charge in [-0.3, -0.25) is 9.80 Å². The standard InChI is InChI=1S/C15H22N2O2/c1-2-6-19-15-8-14-10-16(4-5-17(14)11-15)9-13-3-7-18-12-13/h2-3,7,12,14-15H,1,4-6,8-11H2/t14-,15-/m1/s1. The number of nitrogens with zero attached hydrogens (tertiary/aromatic N) is 2. The highest BCUT2D eigenvalue weighted by Crippen LogP contribution is 2.24. The van der Waals surface area contributed by atoms with Crippen molar-refractivity contribution in [3.8, 4) is 0 Å². The normalized spacial score (nSPS) is 28.4. The van der Waals surface area contributed by atoms with Crippen molar-refractivity contribution in [2.75, 3.05) is 32.8 Å². The van der Waals surface area contributed by atoms with E-state index in [2.05, 4.69) is 22.4 Å². The van der Waals surface area contributed by atoms with Gasteiger partial charge < -0.3 is 9.15 Å². The molecule has 0 unspecified atom stereocenters. The van der Waals surface area contributed by atoms with Crippen LogP contribution < -0.4 is 0 Å². The highest BCUT2D eigenvalue weighted by molar-refractivity contribution is 5.05. The van der Waals surface area contributed by atoms with E-state index in [0.29, 0.717) is 18.8 Å². The van der Waals surface area contributed by atoms with Crippen LogP contribution in [0.5, 0.6) is 0 Å². The van der Waals surface area contributed by atoms with Crippen LogP contribution in [0.2, 0.25) is 0 Å². The van der Waals surface area contributed by atoms with Crippen molar-refractivity contribution in [2.45, 2.75) is 25.1 Å². The van der Waals surface area contributed by atoms with E-state index in [1.54, 1.807) is 6.26 Å². The highest BCUT2D eigenvalue weighted by atomic mass is 16.5. The summed E-state index contributed by atoms with van der Waals surface area (Å²) < 4.78 is 10.9. The van der Waals surface area contributed by atoms with Crippen molar-refractivity contribution in [1.82, 2.24) is 9.80 Å². The van der Waals surface area contributed by atoms with E-state index in [4.69, 9.17) is 9.15 Å². The fourth-order valence-electron chi connectivity index (χ4n) is 3.17. The predicted molar refractivity (Wildman–Crippen MR) is 73.9 cm³/mol. The molecule has 0 spiro atoms. The van der Waals surface area contributed by atoms with Gasteiger partial charge in [-0.05, 0) is 12.5 Å². The van der Waals surface area contributed by atoms with Gasteiger partial charge in [0.2, 0.25) is 0 Å². The lowest BCUT2D eigenvalue weighted by molar-refractivity contribution is 0.0758. The molecular weight excluding hydrogens is 240 g/mol. The molecule has 4 heteroatoms. The maximum atomic E-state index is 5.79. The van der Waals surface area contributed by atoms with Gasteiger partial charge >= 0.3 is 0 Å². The molecule has 2 atom stereocenters. The molecule has 0 saturated carbocycles. The third-order valence-electron chi connectivity index (χ3n) is 4.10. The Labute approximate surface area is 114 Å². The summed E-state index contributed by atoms with van der Waals surface area (Å²) >= 11 is 0. The smallest absolute Gasteiger partial charge is 0.0947 e. The Morgan fingerprint density at radius 1 is 1.42 bits per heavy atom. The zero-order valence-corrected chi connectivity index (χ0v) is 11.3. The second-order valence-electron chi connectivity index (χ2n) is 5.50. The minimum Gasteiger partial charge on any atom is -0.472 e. The molecule has 3 rings (SSSR count). The molecule has 0 amide bonds. The number of hydrogen-bond acceptors (Lipinski definition) is 4. The Hall–Kier alpha value is -1.10. The molecule has 2 aliphatic rings. The molecule has 0 bridgehead atoms. The van der Waals surface area contributed by atoms with E-state index in [-0.39, 0.29) is 0 Å². The molecule has 4 nitrogen and oxygen atoms in total. The Balaban J connectivity index is 1.51. The maximum Gasteiger partial charge on any atom is 0.0947 e. The Morgan fingerprint density at radius 3 is 3.16 bits per heavy atom. The minimum atomic E-state index is 0.386. The number of fused-ring (bicyclic) bond motifs is 1. The SMILES string of the molecule is C=CCO[C@@H]1C[C@@H]2CN(Cc3ccoc3)CCN2C1. The lowest BCUT2D eigenvalue weighted by Crippen LogP contribution is -2.49. The predicted octanol–water partition coefficient (Wildman–Crippen LogP) is 1.74. The van der Waals surface area contributed by atoms with Crippen molar-refractivity contribution < 1.29 is 9.15 Å². The molecule has 0 aliphatic carbocycles. The van der Waals surface area contributed by atoms with E-state index >= 15 is 0 Å². The van der Waals surface area contributed by atoms with Crippen molar-refractivity contribution >= 4 is 0 Å². The molecule has 0 radical (unpaired) electrons. The summed E-state index contributed by atoms with van der Waals surface area (Å²) in [6, 6.07) is 2.70. The fourth-order valence-corrected chi connectivity index (χ4v) is 3.17. The topological polar surface area (TPSA) is 28.9 Å². The van der Waals surface area contributed by atoms with Gasteiger partial charge in [0.15, 0.2) is 0 Å². The van der Waals surface area contributed by atoms with E-state index in [1.807, 2.05) is 12.3 Å². The molecule has 2 saturated heterocycles. The summed E-state index contributed by atoms with van der Waals surface area (Å²) in [5.41, 5.74) is 1.27. The highest BCUT2D eigenvalue weighted by Gasteiger charge is 2.36. The van der Waals surface area contributed by atoms with Gasteiger partial charge in [0.05, 0.1) is 25.2 Å². The van der Waals surface area contributed by atoms with Gasteiger partial charge in [-0.1, -0.05) is 6.08 Å². The quantitative estimate of drug-likeness (QED) is 0.756. The molecule has 2 aliphatic heterocycles. The van der Waals surface area contributed by atoms with Crippen LogP contribution in [-0.2, 0) is 11.3 Å². The van der Waals surface area contributed by atoms with E-state index < -0.39 is 0 Å². The Morgan fingerprint density at radius 2 is 2.37 bits per heavy atom. The third-order valence-corrected chi connectivity index (χ3v) is 4.10. The van der Waals surface area contributed by atoms with Crippen molar-refractivity contribution in [3.05, 3.63) is 36.8 Å². The first-order valence-electron chi connectivity index (χ1n) is 7.05. The largest absolute Gasteiger partial charge is 0.472 e. The van der Waals surface area contributed by atoms with Crippen LogP contribution in [0.25, 0.3) is 0 Å². The molecule has 1 aromatic heterocycles. The lowest BCUT2D eigenvalue weighted by Gasteiger charge is -2.37. The minimum absolute atomic E-state index is 0.386. The lowest BCUT2D eigenvalue weighted by atomic mass is 10.1. The molecule has 3 heterocycles. The molecule has 19 heavy (non-hydrogen) atoms. The average Bonchev–Trinajstić information content (AvgIpc) is 3.04. The summed E-state index contributed by atoms with van der Waals surface area (Å²) in [6.07, 6.45) is 6.96. The summed E-state index contributed by atoms with van der Waals surface area (Å²) in [7, 11) is 0. The van der Waals surface area contributed by atoms with Gasteiger partial charge in [-0.25, -0.2) is 0 Å². The van der Waals surface area contributed by atoms with Crippen LogP contribution in [-0.4, -0.2) is 54.7 Å². The van der Waals surface area contributed by atoms with Crippen LogP contribution in [0.15, 0.2) is 35.7 Å². The summed E-state index contributed by atoms with van der Waals surface area (Å²) in [5, 5.41) is 0. The Kier molecular flexibility index (Phi) is 4.01. The first-order chi connectivity index (χ1) is 9.35. The summed E-state index contributed by atoms with van der Waals surface area (Å²) in [4.78, 5) is 5.08. The van der Waals surface area contributed by atoms with Gasteiger partial charge in [-0.15, -0.1) is 6.58 Å². The van der Waals surface area contributed by atoms with E-state index in [0.717, 1.165) is 39.1 Å². The molecular formula is C15H22N2O2. The fraction of sp³-hybridized carbons (Fsp3) is 0.600. The molecule has 1 aromatic rings. The van der Waals surface area contributed by atoms with Gasteiger partial charge in [-0.2, -0.15) is 0 Å². The van der Waals surface area contributed by atoms with Crippen LogP contribution in [0, 0.1) is 0 Å². The van der Waals surface area contributed by atoms with Gasteiger partial charge in [0.1, 0.15) is 0 Å². The first kappa shape index (κ1) is 12.9. The molecule has 0 aromatic carbocycles. The Bertz CT molecular complexity index is 404. The zero-order chi connectivity index (χ0) is 13.1. The van der Waals surface area contributed by atoms with Crippen LogP contribution in [0.3, 0.4) is 0 Å². The molecule has 0 N–H and O–H groups in total. The number of hydrogen-bond donors (Lipinski definition) is 0. The second-order valence-corrected chi connectivity index (χ2v) is 5.50. The van der Waals surface area contributed by atoms with E-state index in [1.165, 1.54) is 5.56 Å². The van der Waals surface area contributed by atoms with Crippen LogP contribution >= 0.6 is 0 Å².